The Hall–Kier alpha value is -3.02. The van der Waals surface area contributed by atoms with Gasteiger partial charge in [0.1, 0.15) is 0 Å². The van der Waals surface area contributed by atoms with Gasteiger partial charge in [-0.1, -0.05) is 37.3 Å². The second-order valence-corrected chi connectivity index (χ2v) is 7.53. The minimum atomic E-state index is -0.144. The van der Waals surface area contributed by atoms with E-state index in [2.05, 4.69) is 4.98 Å². The highest BCUT2D eigenvalue weighted by molar-refractivity contribution is 5.84. The molecule has 6 heteroatoms. The number of benzene rings is 2. The number of rotatable bonds is 4. The number of nitrogens with two attached hydrogens (primary N) is 1. The maximum Gasteiger partial charge on any atom is 0.326 e. The van der Waals surface area contributed by atoms with E-state index in [9.17, 15) is 9.59 Å². The third-order valence-corrected chi connectivity index (χ3v) is 5.72. The number of aromatic nitrogens is 2. The topological polar surface area (TPSA) is 84.1 Å². The molecule has 1 fully saturated rings. The van der Waals surface area contributed by atoms with E-state index in [1.54, 1.807) is 10.6 Å². The van der Waals surface area contributed by atoms with Gasteiger partial charge in [-0.25, -0.2) is 4.79 Å². The molecule has 0 aliphatic carbocycles. The lowest BCUT2D eigenvalue weighted by Crippen LogP contribution is -2.44. The number of aromatic amines is 1. The van der Waals surface area contributed by atoms with Gasteiger partial charge < -0.3 is 15.6 Å². The van der Waals surface area contributed by atoms with E-state index in [4.69, 9.17) is 5.73 Å². The second-order valence-electron chi connectivity index (χ2n) is 7.53. The molecule has 6 nitrogen and oxygen atoms in total. The van der Waals surface area contributed by atoms with Crippen LogP contribution in [-0.2, 0) is 4.79 Å². The van der Waals surface area contributed by atoms with Crippen LogP contribution in [0.25, 0.3) is 11.0 Å². The van der Waals surface area contributed by atoms with Crippen molar-refractivity contribution in [1.82, 2.24) is 14.5 Å². The van der Waals surface area contributed by atoms with Crippen molar-refractivity contribution in [3.63, 3.8) is 0 Å². The third kappa shape index (κ3) is 3.30. The molecular weight excluding hydrogens is 352 g/mol. The fourth-order valence-electron chi connectivity index (χ4n) is 4.33. The molecule has 2 atom stereocenters. The zero-order valence-corrected chi connectivity index (χ0v) is 16.1. The average molecular weight is 378 g/mol. The molecule has 1 aliphatic heterocycles. The fraction of sp³-hybridized carbons (Fsp3) is 0.364. The van der Waals surface area contributed by atoms with Crippen molar-refractivity contribution < 1.29 is 4.79 Å². The van der Waals surface area contributed by atoms with E-state index in [0.29, 0.717) is 12.2 Å². The summed E-state index contributed by atoms with van der Waals surface area (Å²) in [5.74, 6) is 0.00101. The van der Waals surface area contributed by atoms with Crippen LogP contribution in [-0.4, -0.2) is 33.4 Å². The second kappa shape index (κ2) is 7.54. The Kier molecular flexibility index (Phi) is 4.94. The van der Waals surface area contributed by atoms with Crippen LogP contribution in [0.3, 0.4) is 0 Å². The summed E-state index contributed by atoms with van der Waals surface area (Å²) in [6.45, 7) is 3.33. The smallest absolute Gasteiger partial charge is 0.326 e. The molecule has 4 rings (SSSR count). The Morgan fingerprint density at radius 1 is 1.25 bits per heavy atom. The third-order valence-electron chi connectivity index (χ3n) is 5.72. The van der Waals surface area contributed by atoms with Crippen molar-refractivity contribution >= 4 is 22.6 Å². The summed E-state index contributed by atoms with van der Waals surface area (Å²) >= 11 is 0. The predicted octanol–water partition coefficient (Wildman–Crippen LogP) is 3.27. The lowest BCUT2D eigenvalue weighted by atomic mass is 9.93. The summed E-state index contributed by atoms with van der Waals surface area (Å²) in [4.78, 5) is 30.7. The molecule has 0 spiro atoms. The first-order valence-electron chi connectivity index (χ1n) is 9.92. The number of fused-ring (bicyclic) bond motifs is 1. The molecular formula is C22H26N4O2. The number of carbonyl (C=O) groups excluding carboxylic acids is 1. The Labute approximate surface area is 164 Å². The van der Waals surface area contributed by atoms with Gasteiger partial charge in [-0.15, -0.1) is 0 Å². The molecule has 3 aromatic rings. The number of piperidine rings is 1. The largest absolute Gasteiger partial charge is 0.399 e. The van der Waals surface area contributed by atoms with Gasteiger partial charge in [0, 0.05) is 18.8 Å². The van der Waals surface area contributed by atoms with Crippen LogP contribution in [0, 0.1) is 0 Å². The number of carbonyl (C=O) groups is 1. The van der Waals surface area contributed by atoms with Gasteiger partial charge >= 0.3 is 5.69 Å². The minimum absolute atomic E-state index is 0.0472. The summed E-state index contributed by atoms with van der Waals surface area (Å²) in [7, 11) is 0. The standard InChI is InChI=1S/C22H26N4O2/c1-2-18(15-7-4-3-5-8-15)21(27)25-12-6-9-17(14-25)26-20-13-16(23)10-11-19(20)24-22(26)28/h3-5,7-8,10-11,13,17-18H,2,6,9,12,14,23H2,1H3,(H,24,28)/t17-,18-/m0/s1. The molecule has 0 bridgehead atoms. The number of hydrogen-bond donors (Lipinski definition) is 2. The summed E-state index contributed by atoms with van der Waals surface area (Å²) < 4.78 is 1.77. The Morgan fingerprint density at radius 3 is 2.79 bits per heavy atom. The van der Waals surface area contributed by atoms with Gasteiger partial charge in [-0.2, -0.15) is 0 Å². The van der Waals surface area contributed by atoms with Crippen LogP contribution >= 0.6 is 0 Å². The maximum atomic E-state index is 13.3. The molecule has 2 aromatic carbocycles. The van der Waals surface area contributed by atoms with Crippen molar-refractivity contribution in [1.29, 1.82) is 0 Å². The van der Waals surface area contributed by atoms with Crippen LogP contribution in [0.5, 0.6) is 0 Å². The lowest BCUT2D eigenvalue weighted by molar-refractivity contribution is -0.134. The molecule has 0 radical (unpaired) electrons. The number of hydrogen-bond acceptors (Lipinski definition) is 3. The zero-order chi connectivity index (χ0) is 19.7. The van der Waals surface area contributed by atoms with E-state index in [1.807, 2.05) is 54.3 Å². The van der Waals surface area contributed by atoms with Crippen molar-refractivity contribution in [2.75, 3.05) is 18.8 Å². The SMILES string of the molecule is CC[C@H](C(=O)N1CCC[C@H](n2c(=O)[nH]c3ccc(N)cc32)C1)c1ccccc1. The van der Waals surface area contributed by atoms with Crippen molar-refractivity contribution in [2.24, 2.45) is 0 Å². The van der Waals surface area contributed by atoms with Gasteiger partial charge in [0.25, 0.3) is 0 Å². The Morgan fingerprint density at radius 2 is 2.04 bits per heavy atom. The van der Waals surface area contributed by atoms with E-state index < -0.39 is 0 Å². The molecule has 0 unspecified atom stereocenters. The summed E-state index contributed by atoms with van der Waals surface area (Å²) in [6, 6.07) is 15.3. The summed E-state index contributed by atoms with van der Waals surface area (Å²) in [5.41, 5.74) is 9.05. The Balaban J connectivity index is 1.62. The monoisotopic (exact) mass is 378 g/mol. The predicted molar refractivity (Wildman–Crippen MR) is 111 cm³/mol. The molecule has 1 aromatic heterocycles. The zero-order valence-electron chi connectivity index (χ0n) is 16.1. The van der Waals surface area contributed by atoms with Crippen molar-refractivity contribution in [3.8, 4) is 0 Å². The van der Waals surface area contributed by atoms with Gasteiger partial charge in [0.15, 0.2) is 0 Å². The first-order chi connectivity index (χ1) is 13.6. The number of nitrogen functional groups attached to an aromatic ring is 1. The Bertz CT molecular complexity index is 1040. The van der Waals surface area contributed by atoms with Gasteiger partial charge in [-0.3, -0.25) is 9.36 Å². The number of nitrogens with one attached hydrogen (secondary N) is 1. The highest BCUT2D eigenvalue weighted by atomic mass is 16.2. The molecule has 1 amide bonds. The first kappa shape index (κ1) is 18.3. The van der Waals surface area contributed by atoms with Crippen molar-refractivity contribution in [3.05, 3.63) is 64.6 Å². The van der Waals surface area contributed by atoms with Gasteiger partial charge in [0.05, 0.1) is 23.0 Å². The van der Waals surface area contributed by atoms with Crippen LogP contribution in [0.2, 0.25) is 0 Å². The molecule has 2 heterocycles. The molecule has 146 valence electrons. The van der Waals surface area contributed by atoms with Gasteiger partial charge in [0.2, 0.25) is 5.91 Å². The quantitative estimate of drug-likeness (QED) is 0.684. The normalized spacial score (nSPS) is 18.3. The number of H-pyrrole nitrogens is 1. The van der Waals surface area contributed by atoms with Crippen LogP contribution in [0.1, 0.15) is 43.7 Å². The van der Waals surface area contributed by atoms with Crippen LogP contribution in [0.15, 0.2) is 53.3 Å². The fourth-order valence-corrected chi connectivity index (χ4v) is 4.33. The number of anilines is 1. The number of likely N-dealkylation sites (tertiary alicyclic amines) is 1. The highest BCUT2D eigenvalue weighted by Gasteiger charge is 2.30. The summed E-state index contributed by atoms with van der Waals surface area (Å²) in [5, 5.41) is 0. The minimum Gasteiger partial charge on any atom is -0.399 e. The molecule has 1 aliphatic rings. The maximum absolute atomic E-state index is 13.3. The van der Waals surface area contributed by atoms with Crippen LogP contribution in [0.4, 0.5) is 5.69 Å². The number of nitrogens with zero attached hydrogens (tertiary/aromatic N) is 2. The van der Waals surface area contributed by atoms with E-state index in [1.165, 1.54) is 0 Å². The van der Waals surface area contributed by atoms with Gasteiger partial charge in [-0.05, 0) is 43.0 Å². The average Bonchev–Trinajstić information content (AvgIpc) is 3.04. The first-order valence-corrected chi connectivity index (χ1v) is 9.92. The highest BCUT2D eigenvalue weighted by Crippen LogP contribution is 2.28. The molecule has 1 saturated heterocycles. The number of imidazole rings is 1. The lowest BCUT2D eigenvalue weighted by Gasteiger charge is -2.35. The molecule has 3 N–H and O–H groups in total. The van der Waals surface area contributed by atoms with E-state index in [-0.39, 0.29) is 23.6 Å². The molecule has 0 saturated carbocycles. The van der Waals surface area contributed by atoms with Crippen LogP contribution < -0.4 is 11.4 Å². The molecule has 28 heavy (non-hydrogen) atoms. The van der Waals surface area contributed by atoms with E-state index >= 15 is 0 Å². The number of amides is 1. The van der Waals surface area contributed by atoms with E-state index in [0.717, 1.165) is 42.4 Å². The summed E-state index contributed by atoms with van der Waals surface area (Å²) in [6.07, 6.45) is 2.50. The van der Waals surface area contributed by atoms with Crippen molar-refractivity contribution in [2.45, 2.75) is 38.1 Å².